The molecule has 6 nitrogen and oxygen atoms in total. The fraction of sp³-hybridized carbons (Fsp3) is 0.625. The summed E-state index contributed by atoms with van der Waals surface area (Å²) in [5.41, 5.74) is 5.55. The summed E-state index contributed by atoms with van der Waals surface area (Å²) in [6.07, 6.45) is 0.343. The number of rotatable bonds is 4. The van der Waals surface area contributed by atoms with Gasteiger partial charge in [-0.3, -0.25) is 9.36 Å². The van der Waals surface area contributed by atoms with Crippen molar-refractivity contribution in [3.8, 4) is 0 Å². The zero-order chi connectivity index (χ0) is 11.4. The van der Waals surface area contributed by atoms with Crippen LogP contribution in [0.5, 0.6) is 0 Å². The lowest BCUT2D eigenvalue weighted by Gasteiger charge is -2.08. The number of carbonyl (C=O) groups excluding carboxylic acids is 1. The summed E-state index contributed by atoms with van der Waals surface area (Å²) in [6, 6.07) is 0.146. The molecule has 15 heavy (non-hydrogen) atoms. The van der Waals surface area contributed by atoms with Crippen LogP contribution < -0.4 is 11.1 Å². The first-order valence-corrected chi connectivity index (χ1v) is 5.11. The summed E-state index contributed by atoms with van der Waals surface area (Å²) in [5, 5.41) is 9.09. The van der Waals surface area contributed by atoms with Gasteiger partial charge < -0.3 is 11.1 Å². The minimum Gasteiger partial charge on any atom is -0.368 e. The Hall–Kier alpha value is -1.37. The second-order valence-electron chi connectivity index (χ2n) is 3.51. The number of hydrogen-bond donors (Lipinski definition) is 3. The van der Waals surface area contributed by atoms with E-state index in [1.54, 1.807) is 4.57 Å². The van der Waals surface area contributed by atoms with Crippen molar-refractivity contribution >= 4 is 24.1 Å². The van der Waals surface area contributed by atoms with Gasteiger partial charge in [-0.15, -0.1) is 5.10 Å². The lowest BCUT2D eigenvalue weighted by Crippen LogP contribution is -2.30. The van der Waals surface area contributed by atoms with Crippen LogP contribution in [0.1, 0.15) is 20.3 Å². The molecule has 1 aromatic rings. The molecule has 0 aliphatic carbocycles. The maximum absolute atomic E-state index is 11.3. The Kier molecular flexibility index (Phi) is 3.84. The summed E-state index contributed by atoms with van der Waals surface area (Å²) in [6.45, 7) is 4.27. The van der Waals surface area contributed by atoms with E-state index in [4.69, 9.17) is 18.0 Å². The lowest BCUT2D eigenvalue weighted by atomic mass is 10.3. The number of aromatic amines is 1. The summed E-state index contributed by atoms with van der Waals surface area (Å²) < 4.78 is 2.03. The Morgan fingerprint density at radius 1 is 1.73 bits per heavy atom. The molecule has 0 fully saturated rings. The average molecular weight is 229 g/mol. The van der Waals surface area contributed by atoms with Crippen molar-refractivity contribution in [1.82, 2.24) is 20.1 Å². The molecule has 0 aliphatic rings. The lowest BCUT2D eigenvalue weighted by molar-refractivity contribution is -0.121. The number of nitrogens with zero attached hydrogens (tertiary/aromatic N) is 2. The Morgan fingerprint density at radius 2 is 2.40 bits per heavy atom. The molecular formula is C8H15N5OS. The van der Waals surface area contributed by atoms with Crippen LogP contribution >= 0.6 is 12.2 Å². The summed E-state index contributed by atoms with van der Waals surface area (Å²) in [4.78, 5) is 11.3. The molecule has 0 aliphatic heterocycles. The SMILES string of the molecule is CC(C)NC(=O)CCn1c(N)n[nH]c1=S. The topological polar surface area (TPSA) is 88.7 Å². The third-order valence-corrected chi connectivity index (χ3v) is 2.11. The van der Waals surface area contributed by atoms with Crippen LogP contribution in [0.15, 0.2) is 0 Å². The molecular weight excluding hydrogens is 214 g/mol. The van der Waals surface area contributed by atoms with Gasteiger partial charge in [0.2, 0.25) is 11.9 Å². The van der Waals surface area contributed by atoms with Crippen molar-refractivity contribution in [2.45, 2.75) is 32.9 Å². The van der Waals surface area contributed by atoms with Crippen LogP contribution in [0.2, 0.25) is 0 Å². The van der Waals surface area contributed by atoms with Crippen LogP contribution in [-0.2, 0) is 11.3 Å². The van der Waals surface area contributed by atoms with Gasteiger partial charge in [-0.25, -0.2) is 5.10 Å². The number of anilines is 1. The van der Waals surface area contributed by atoms with E-state index in [9.17, 15) is 4.79 Å². The maximum atomic E-state index is 11.3. The van der Waals surface area contributed by atoms with E-state index in [0.717, 1.165) is 0 Å². The molecule has 4 N–H and O–H groups in total. The number of aromatic nitrogens is 3. The second kappa shape index (κ2) is 4.92. The fourth-order valence-corrected chi connectivity index (χ4v) is 1.38. The minimum atomic E-state index is -0.0208. The monoisotopic (exact) mass is 229 g/mol. The largest absolute Gasteiger partial charge is 0.368 e. The van der Waals surface area contributed by atoms with Crippen molar-refractivity contribution in [3.05, 3.63) is 4.77 Å². The van der Waals surface area contributed by atoms with Crippen LogP contribution in [0, 0.1) is 4.77 Å². The molecule has 0 radical (unpaired) electrons. The highest BCUT2D eigenvalue weighted by molar-refractivity contribution is 7.71. The van der Waals surface area contributed by atoms with Crippen molar-refractivity contribution in [3.63, 3.8) is 0 Å². The molecule has 0 saturated heterocycles. The van der Waals surface area contributed by atoms with Gasteiger partial charge in [0.25, 0.3) is 0 Å². The van der Waals surface area contributed by atoms with E-state index in [-0.39, 0.29) is 11.9 Å². The normalized spacial score (nSPS) is 10.6. The van der Waals surface area contributed by atoms with Crippen molar-refractivity contribution in [1.29, 1.82) is 0 Å². The smallest absolute Gasteiger partial charge is 0.221 e. The number of carbonyl (C=O) groups is 1. The third kappa shape index (κ3) is 3.35. The van der Waals surface area contributed by atoms with E-state index in [1.807, 2.05) is 13.8 Å². The predicted molar refractivity (Wildman–Crippen MR) is 59.7 cm³/mol. The van der Waals surface area contributed by atoms with E-state index < -0.39 is 0 Å². The van der Waals surface area contributed by atoms with Gasteiger partial charge in [-0.2, -0.15) is 0 Å². The standard InChI is InChI=1S/C8H15N5OS/c1-5(2)10-6(14)3-4-13-7(9)11-12-8(13)15/h5H,3-4H2,1-2H3,(H2,9,11)(H,10,14)(H,12,15). The Bertz CT molecular complexity index is 394. The van der Waals surface area contributed by atoms with Crippen LogP contribution in [0.3, 0.4) is 0 Å². The highest BCUT2D eigenvalue weighted by Crippen LogP contribution is 2.00. The number of nitrogens with one attached hydrogen (secondary N) is 2. The molecule has 1 amide bonds. The Morgan fingerprint density at radius 3 is 2.87 bits per heavy atom. The molecule has 1 rings (SSSR count). The Labute approximate surface area is 92.9 Å². The molecule has 1 aromatic heterocycles. The predicted octanol–water partition coefficient (Wildman–Crippen LogP) is 0.438. The van der Waals surface area contributed by atoms with Crippen LogP contribution in [-0.4, -0.2) is 26.7 Å². The summed E-state index contributed by atoms with van der Waals surface area (Å²) in [7, 11) is 0. The highest BCUT2D eigenvalue weighted by Gasteiger charge is 2.06. The van der Waals surface area contributed by atoms with Gasteiger partial charge >= 0.3 is 0 Å². The zero-order valence-electron chi connectivity index (χ0n) is 8.78. The first-order valence-electron chi connectivity index (χ1n) is 4.70. The summed E-state index contributed by atoms with van der Waals surface area (Å²) >= 11 is 4.95. The van der Waals surface area contributed by atoms with E-state index >= 15 is 0 Å². The van der Waals surface area contributed by atoms with Crippen molar-refractivity contribution in [2.75, 3.05) is 5.73 Å². The third-order valence-electron chi connectivity index (χ3n) is 1.80. The van der Waals surface area contributed by atoms with Crippen molar-refractivity contribution < 1.29 is 4.79 Å². The second-order valence-corrected chi connectivity index (χ2v) is 3.90. The molecule has 0 aromatic carbocycles. The number of hydrogen-bond acceptors (Lipinski definition) is 4. The number of nitrogens with two attached hydrogens (primary N) is 1. The van der Waals surface area contributed by atoms with E-state index in [0.29, 0.717) is 23.7 Å². The first-order chi connectivity index (χ1) is 7.00. The maximum Gasteiger partial charge on any atom is 0.221 e. The number of H-pyrrole nitrogens is 1. The van der Waals surface area contributed by atoms with Gasteiger partial charge in [0, 0.05) is 19.0 Å². The minimum absolute atomic E-state index is 0.0208. The van der Waals surface area contributed by atoms with Crippen molar-refractivity contribution in [2.24, 2.45) is 0 Å². The molecule has 0 bridgehead atoms. The van der Waals surface area contributed by atoms with Crippen LogP contribution in [0.4, 0.5) is 5.95 Å². The van der Waals surface area contributed by atoms with Crippen LogP contribution in [0.25, 0.3) is 0 Å². The molecule has 0 atom stereocenters. The van der Waals surface area contributed by atoms with Gasteiger partial charge in [0.1, 0.15) is 0 Å². The van der Waals surface area contributed by atoms with Gasteiger partial charge in [0.15, 0.2) is 4.77 Å². The first kappa shape index (κ1) is 11.7. The number of nitrogen functional groups attached to an aromatic ring is 1. The molecule has 1 heterocycles. The fourth-order valence-electron chi connectivity index (χ4n) is 1.15. The average Bonchev–Trinajstić information content (AvgIpc) is 2.42. The van der Waals surface area contributed by atoms with Gasteiger partial charge in [-0.1, -0.05) is 0 Å². The molecule has 84 valence electrons. The zero-order valence-corrected chi connectivity index (χ0v) is 9.60. The number of amides is 1. The van der Waals surface area contributed by atoms with E-state index in [1.165, 1.54) is 0 Å². The molecule has 7 heteroatoms. The van der Waals surface area contributed by atoms with E-state index in [2.05, 4.69) is 15.5 Å². The Balaban J connectivity index is 2.51. The highest BCUT2D eigenvalue weighted by atomic mass is 32.1. The molecule has 0 spiro atoms. The molecule has 0 saturated carbocycles. The molecule has 0 unspecified atom stereocenters. The summed E-state index contributed by atoms with van der Waals surface area (Å²) in [5.74, 6) is 0.282. The quantitative estimate of drug-likeness (QED) is 0.653. The van der Waals surface area contributed by atoms with Gasteiger partial charge in [0.05, 0.1) is 0 Å². The van der Waals surface area contributed by atoms with Gasteiger partial charge in [-0.05, 0) is 26.1 Å².